The first kappa shape index (κ1) is 55.6. The smallest absolute Gasteiger partial charge is 0.305 e. The molecule has 2 atom stereocenters. The molecule has 0 heterocycles. The highest BCUT2D eigenvalue weighted by Gasteiger charge is 2.18. The van der Waals surface area contributed by atoms with Gasteiger partial charge in [-0.2, -0.15) is 0 Å². The quantitative estimate of drug-likeness (QED) is 0.0323. The molecular formula is C51H99NO5. The molecule has 0 aromatic carbocycles. The number of allylic oxidation sites excluding steroid dienone is 1. The average molecular weight is 806 g/mol. The predicted octanol–water partition coefficient (Wildman–Crippen LogP) is 15.0. The maximum absolute atomic E-state index is 12.4. The van der Waals surface area contributed by atoms with Gasteiger partial charge in [0, 0.05) is 12.8 Å². The molecule has 3 N–H and O–H groups in total. The number of aliphatic hydroxyl groups excluding tert-OH is 2. The zero-order chi connectivity index (χ0) is 41.5. The highest BCUT2D eigenvalue weighted by molar-refractivity contribution is 5.76. The molecule has 0 radical (unpaired) electrons. The monoisotopic (exact) mass is 806 g/mol. The largest absolute Gasteiger partial charge is 0.466 e. The zero-order valence-electron chi connectivity index (χ0n) is 38.3. The number of nitrogens with one attached hydrogen (secondary N) is 1. The molecule has 0 aliphatic heterocycles. The van der Waals surface area contributed by atoms with Gasteiger partial charge in [-0.25, -0.2) is 0 Å². The van der Waals surface area contributed by atoms with E-state index in [1.54, 1.807) is 6.08 Å². The van der Waals surface area contributed by atoms with E-state index < -0.39 is 12.1 Å². The highest BCUT2D eigenvalue weighted by atomic mass is 16.5. The van der Waals surface area contributed by atoms with Crippen LogP contribution in [0.25, 0.3) is 0 Å². The Balaban J connectivity index is 3.52. The Labute approximate surface area is 355 Å². The molecule has 0 bridgehead atoms. The third-order valence-electron chi connectivity index (χ3n) is 11.8. The number of amides is 1. The summed E-state index contributed by atoms with van der Waals surface area (Å²) in [5.41, 5.74) is 0. The van der Waals surface area contributed by atoms with E-state index in [9.17, 15) is 19.8 Å². The van der Waals surface area contributed by atoms with Gasteiger partial charge in [0.25, 0.3) is 0 Å². The first-order chi connectivity index (χ1) is 28.0. The van der Waals surface area contributed by atoms with Crippen molar-refractivity contribution in [3.63, 3.8) is 0 Å². The van der Waals surface area contributed by atoms with Crippen LogP contribution in [0.4, 0.5) is 0 Å². The van der Waals surface area contributed by atoms with E-state index >= 15 is 0 Å². The van der Waals surface area contributed by atoms with Crippen molar-refractivity contribution in [3.8, 4) is 0 Å². The van der Waals surface area contributed by atoms with Crippen molar-refractivity contribution in [3.05, 3.63) is 12.2 Å². The van der Waals surface area contributed by atoms with Gasteiger partial charge in [0.2, 0.25) is 5.91 Å². The summed E-state index contributed by atoms with van der Waals surface area (Å²) in [6.07, 6.45) is 53.5. The summed E-state index contributed by atoms with van der Waals surface area (Å²) >= 11 is 0. The number of carbonyl (C=O) groups excluding carboxylic acids is 2. The van der Waals surface area contributed by atoms with E-state index in [2.05, 4.69) is 19.2 Å². The van der Waals surface area contributed by atoms with Gasteiger partial charge in [-0.15, -0.1) is 0 Å². The second-order valence-corrected chi connectivity index (χ2v) is 17.5. The summed E-state index contributed by atoms with van der Waals surface area (Å²) in [4.78, 5) is 24.4. The molecule has 0 saturated heterocycles. The standard InChI is InChI=1S/C51H99NO5/c1-3-5-7-9-11-13-15-17-18-19-20-21-22-23-27-31-35-39-43-49(54)48(47-53)52-50(55)44-40-36-32-28-25-26-30-34-38-42-46-57-51(56)45-41-37-33-29-24-16-14-12-10-8-6-4-2/h39,43,48-49,53-54H,3-38,40-42,44-47H2,1-2H3,(H,52,55)/b43-39+. The van der Waals surface area contributed by atoms with Crippen molar-refractivity contribution in [2.75, 3.05) is 13.2 Å². The van der Waals surface area contributed by atoms with E-state index in [1.807, 2.05) is 6.08 Å². The van der Waals surface area contributed by atoms with Crippen LogP contribution >= 0.6 is 0 Å². The minimum atomic E-state index is -0.857. The number of hydrogen-bond donors (Lipinski definition) is 3. The Morgan fingerprint density at radius 3 is 1.19 bits per heavy atom. The Hall–Kier alpha value is -1.40. The first-order valence-electron chi connectivity index (χ1n) is 25.5. The van der Waals surface area contributed by atoms with E-state index in [-0.39, 0.29) is 18.5 Å². The lowest BCUT2D eigenvalue weighted by Crippen LogP contribution is -2.45. The topological polar surface area (TPSA) is 95.9 Å². The van der Waals surface area contributed by atoms with Gasteiger partial charge in [-0.3, -0.25) is 9.59 Å². The molecule has 0 spiro atoms. The number of hydrogen-bond acceptors (Lipinski definition) is 5. The van der Waals surface area contributed by atoms with Crippen LogP contribution in [0.3, 0.4) is 0 Å². The third-order valence-corrected chi connectivity index (χ3v) is 11.8. The second-order valence-electron chi connectivity index (χ2n) is 17.5. The number of unbranched alkanes of at least 4 members (excludes halogenated alkanes) is 36. The summed E-state index contributed by atoms with van der Waals surface area (Å²) in [7, 11) is 0. The minimum absolute atomic E-state index is 0.0199. The highest BCUT2D eigenvalue weighted by Crippen LogP contribution is 2.16. The first-order valence-corrected chi connectivity index (χ1v) is 25.5. The molecule has 0 aliphatic carbocycles. The van der Waals surface area contributed by atoms with Crippen molar-refractivity contribution in [2.24, 2.45) is 0 Å². The number of carbonyl (C=O) groups is 2. The third kappa shape index (κ3) is 44.0. The van der Waals surface area contributed by atoms with Gasteiger partial charge in [0.15, 0.2) is 0 Å². The van der Waals surface area contributed by atoms with Crippen molar-refractivity contribution < 1.29 is 24.5 Å². The van der Waals surface area contributed by atoms with Gasteiger partial charge in [-0.05, 0) is 32.1 Å². The Morgan fingerprint density at radius 2 is 0.807 bits per heavy atom. The molecule has 0 saturated carbocycles. The maximum atomic E-state index is 12.4. The fourth-order valence-corrected chi connectivity index (χ4v) is 7.87. The Morgan fingerprint density at radius 1 is 0.474 bits per heavy atom. The SMILES string of the molecule is CCCCCCCCCCCCCCCCCC/C=C/C(O)C(CO)NC(=O)CCCCCCCCCCCCOC(=O)CCCCCCCCCCCCCC. The van der Waals surface area contributed by atoms with Crippen LogP contribution in [0.2, 0.25) is 0 Å². The van der Waals surface area contributed by atoms with Crippen LogP contribution in [-0.2, 0) is 14.3 Å². The fraction of sp³-hybridized carbons (Fsp3) is 0.922. The van der Waals surface area contributed by atoms with Crippen molar-refractivity contribution in [2.45, 2.75) is 289 Å². The van der Waals surface area contributed by atoms with E-state index in [0.717, 1.165) is 57.8 Å². The zero-order valence-corrected chi connectivity index (χ0v) is 38.3. The lowest BCUT2D eigenvalue weighted by Gasteiger charge is -2.20. The number of esters is 1. The Bertz CT molecular complexity index is 847. The molecule has 0 aromatic rings. The van der Waals surface area contributed by atoms with Crippen molar-refractivity contribution in [1.82, 2.24) is 5.32 Å². The summed E-state index contributed by atoms with van der Waals surface area (Å²) in [5, 5.41) is 23.1. The molecule has 6 nitrogen and oxygen atoms in total. The molecule has 2 unspecified atom stereocenters. The second kappa shape index (κ2) is 47.3. The molecule has 1 amide bonds. The van der Waals surface area contributed by atoms with Gasteiger partial charge in [0.1, 0.15) is 0 Å². The number of rotatable bonds is 47. The van der Waals surface area contributed by atoms with E-state index in [0.29, 0.717) is 19.4 Å². The maximum Gasteiger partial charge on any atom is 0.305 e. The number of aliphatic hydroxyl groups is 2. The molecule has 0 aromatic heterocycles. The van der Waals surface area contributed by atoms with Crippen molar-refractivity contribution in [1.29, 1.82) is 0 Å². The summed E-state index contributed by atoms with van der Waals surface area (Å²) in [5.74, 6) is -0.108. The summed E-state index contributed by atoms with van der Waals surface area (Å²) in [6, 6.07) is -0.643. The van der Waals surface area contributed by atoms with Crippen LogP contribution in [0.5, 0.6) is 0 Å². The molecule has 0 fully saturated rings. The lowest BCUT2D eigenvalue weighted by molar-refractivity contribution is -0.143. The predicted molar refractivity (Wildman–Crippen MR) is 246 cm³/mol. The van der Waals surface area contributed by atoms with Crippen LogP contribution in [-0.4, -0.2) is 47.4 Å². The van der Waals surface area contributed by atoms with E-state index in [1.165, 1.54) is 193 Å². The summed E-state index contributed by atoms with van der Waals surface area (Å²) in [6.45, 7) is 4.86. The van der Waals surface area contributed by atoms with E-state index in [4.69, 9.17) is 4.74 Å². The normalized spacial score (nSPS) is 12.7. The molecule has 6 heteroatoms. The molecule has 0 rings (SSSR count). The van der Waals surface area contributed by atoms with Gasteiger partial charge < -0.3 is 20.3 Å². The molecular weight excluding hydrogens is 707 g/mol. The molecule has 0 aliphatic rings. The number of ether oxygens (including phenoxy) is 1. The average Bonchev–Trinajstić information content (AvgIpc) is 3.21. The molecule has 338 valence electrons. The van der Waals surface area contributed by atoms with Gasteiger partial charge in [0.05, 0.1) is 25.4 Å². The fourth-order valence-electron chi connectivity index (χ4n) is 7.87. The molecule has 57 heavy (non-hydrogen) atoms. The summed E-state index contributed by atoms with van der Waals surface area (Å²) < 4.78 is 5.44. The minimum Gasteiger partial charge on any atom is -0.466 e. The van der Waals surface area contributed by atoms with Crippen LogP contribution in [0.15, 0.2) is 12.2 Å². The Kier molecular flexibility index (Phi) is 46.1. The van der Waals surface area contributed by atoms with Gasteiger partial charge >= 0.3 is 5.97 Å². The van der Waals surface area contributed by atoms with Crippen LogP contribution in [0, 0.1) is 0 Å². The van der Waals surface area contributed by atoms with Gasteiger partial charge in [-0.1, -0.05) is 244 Å². The van der Waals surface area contributed by atoms with Crippen LogP contribution < -0.4 is 5.32 Å². The van der Waals surface area contributed by atoms with Crippen LogP contribution in [0.1, 0.15) is 277 Å². The lowest BCUT2D eigenvalue weighted by atomic mass is 10.0. The van der Waals surface area contributed by atoms with Crippen molar-refractivity contribution >= 4 is 11.9 Å².